The monoisotopic (exact) mass is 330 g/mol. The molecular formula is C21H30O3. The number of carbonyl (C=O) groups is 1. The van der Waals surface area contributed by atoms with Gasteiger partial charge in [-0.2, -0.15) is 0 Å². The fraction of sp³-hybridized carbons (Fsp3) is 0.667. The van der Waals surface area contributed by atoms with E-state index in [2.05, 4.69) is 32.0 Å². The molecule has 132 valence electrons. The van der Waals surface area contributed by atoms with Gasteiger partial charge in [0.25, 0.3) is 0 Å². The van der Waals surface area contributed by atoms with Gasteiger partial charge in [0.15, 0.2) is 0 Å². The van der Waals surface area contributed by atoms with Crippen molar-refractivity contribution in [1.82, 2.24) is 0 Å². The molecule has 0 amide bonds. The maximum absolute atomic E-state index is 11.3. The van der Waals surface area contributed by atoms with E-state index in [9.17, 15) is 9.90 Å². The Morgan fingerprint density at radius 2 is 2.12 bits per heavy atom. The zero-order valence-electron chi connectivity index (χ0n) is 15.0. The number of carboxylic acids is 1. The number of hydrogen-bond acceptors (Lipinski definition) is 2. The smallest absolute Gasteiger partial charge is 0.303 e. The van der Waals surface area contributed by atoms with E-state index < -0.39 is 5.97 Å². The lowest BCUT2D eigenvalue weighted by molar-refractivity contribution is -0.139. The Kier molecular flexibility index (Phi) is 5.47. The highest BCUT2D eigenvalue weighted by molar-refractivity contribution is 5.67. The minimum absolute atomic E-state index is 0.329. The van der Waals surface area contributed by atoms with Gasteiger partial charge in [0, 0.05) is 6.42 Å². The van der Waals surface area contributed by atoms with E-state index in [4.69, 9.17) is 4.74 Å². The van der Waals surface area contributed by atoms with Gasteiger partial charge in [-0.25, -0.2) is 0 Å². The van der Waals surface area contributed by atoms with Gasteiger partial charge in [0.05, 0.1) is 6.61 Å². The maximum Gasteiger partial charge on any atom is 0.303 e. The van der Waals surface area contributed by atoms with Gasteiger partial charge < -0.3 is 9.84 Å². The third-order valence-electron chi connectivity index (χ3n) is 6.17. The Balaban J connectivity index is 1.77. The van der Waals surface area contributed by atoms with Crippen LogP contribution in [0, 0.1) is 17.8 Å². The zero-order valence-corrected chi connectivity index (χ0v) is 15.0. The van der Waals surface area contributed by atoms with Gasteiger partial charge >= 0.3 is 5.97 Å². The highest BCUT2D eigenvalue weighted by Crippen LogP contribution is 2.51. The van der Waals surface area contributed by atoms with E-state index in [1.165, 1.54) is 17.5 Å². The van der Waals surface area contributed by atoms with E-state index in [1.807, 2.05) is 0 Å². The molecule has 3 heteroatoms. The number of rotatable bonds is 6. The van der Waals surface area contributed by atoms with Crippen LogP contribution >= 0.6 is 0 Å². The zero-order chi connectivity index (χ0) is 17.1. The molecule has 24 heavy (non-hydrogen) atoms. The summed E-state index contributed by atoms with van der Waals surface area (Å²) in [7, 11) is 0. The molecule has 0 saturated heterocycles. The fourth-order valence-corrected chi connectivity index (χ4v) is 4.85. The predicted molar refractivity (Wildman–Crippen MR) is 95.5 cm³/mol. The second kappa shape index (κ2) is 7.58. The van der Waals surface area contributed by atoms with Crippen LogP contribution in [0.1, 0.15) is 69.4 Å². The summed E-state index contributed by atoms with van der Waals surface area (Å²) >= 11 is 0. The lowest BCUT2D eigenvalue weighted by Crippen LogP contribution is -2.36. The van der Waals surface area contributed by atoms with Crippen LogP contribution in [0.5, 0.6) is 5.75 Å². The number of aryl methyl sites for hydroxylation is 1. The SMILES string of the molecule is CCCCOc1ccc2c(c1)CCC1C2CC[C@@H](C)C1CC(=O)O. The second-order valence-corrected chi connectivity index (χ2v) is 7.69. The van der Waals surface area contributed by atoms with E-state index in [0.29, 0.717) is 30.1 Å². The molecular weight excluding hydrogens is 300 g/mol. The lowest BCUT2D eigenvalue weighted by atomic mass is 9.59. The molecule has 2 aliphatic carbocycles. The van der Waals surface area contributed by atoms with Crippen molar-refractivity contribution in [2.75, 3.05) is 6.61 Å². The van der Waals surface area contributed by atoms with Gasteiger partial charge in [-0.15, -0.1) is 0 Å². The lowest BCUT2D eigenvalue weighted by Gasteiger charge is -2.45. The Labute approximate surface area is 145 Å². The van der Waals surface area contributed by atoms with Crippen LogP contribution in [0.3, 0.4) is 0 Å². The average Bonchev–Trinajstić information content (AvgIpc) is 2.56. The summed E-state index contributed by atoms with van der Waals surface area (Å²) < 4.78 is 5.86. The molecule has 1 saturated carbocycles. The summed E-state index contributed by atoms with van der Waals surface area (Å²) in [4.78, 5) is 11.3. The highest BCUT2D eigenvalue weighted by atomic mass is 16.5. The Bertz CT molecular complexity index is 580. The van der Waals surface area contributed by atoms with Crippen molar-refractivity contribution in [3.63, 3.8) is 0 Å². The molecule has 0 bridgehead atoms. The summed E-state index contributed by atoms with van der Waals surface area (Å²) in [6.07, 6.45) is 7.10. The van der Waals surface area contributed by atoms with Crippen molar-refractivity contribution in [2.45, 2.75) is 64.7 Å². The van der Waals surface area contributed by atoms with Gasteiger partial charge in [-0.1, -0.05) is 26.3 Å². The van der Waals surface area contributed by atoms with Crippen LogP contribution in [-0.2, 0) is 11.2 Å². The van der Waals surface area contributed by atoms with Gasteiger partial charge in [0.1, 0.15) is 5.75 Å². The largest absolute Gasteiger partial charge is 0.494 e. The van der Waals surface area contributed by atoms with E-state index >= 15 is 0 Å². The summed E-state index contributed by atoms with van der Waals surface area (Å²) in [5.74, 6) is 2.28. The number of ether oxygens (including phenoxy) is 1. The van der Waals surface area contributed by atoms with Gasteiger partial charge in [-0.05, 0) is 79.0 Å². The number of unbranched alkanes of at least 4 members (excludes halogenated alkanes) is 1. The first-order chi connectivity index (χ1) is 11.6. The van der Waals surface area contributed by atoms with Crippen LogP contribution in [0.2, 0.25) is 0 Å². The Morgan fingerprint density at radius 3 is 2.88 bits per heavy atom. The molecule has 1 aromatic rings. The third-order valence-corrected chi connectivity index (χ3v) is 6.17. The Hall–Kier alpha value is -1.51. The quantitative estimate of drug-likeness (QED) is 0.744. The van der Waals surface area contributed by atoms with Crippen molar-refractivity contribution in [3.8, 4) is 5.75 Å². The van der Waals surface area contributed by atoms with Crippen LogP contribution < -0.4 is 4.74 Å². The maximum atomic E-state index is 11.3. The normalized spacial score (nSPS) is 28.8. The van der Waals surface area contributed by atoms with Crippen LogP contribution in [0.4, 0.5) is 0 Å². The molecule has 1 fully saturated rings. The van der Waals surface area contributed by atoms with Crippen molar-refractivity contribution in [2.24, 2.45) is 17.8 Å². The highest BCUT2D eigenvalue weighted by Gasteiger charge is 2.41. The van der Waals surface area contributed by atoms with Crippen molar-refractivity contribution in [1.29, 1.82) is 0 Å². The molecule has 2 aliphatic rings. The molecule has 3 nitrogen and oxygen atoms in total. The topological polar surface area (TPSA) is 46.5 Å². The number of hydrogen-bond donors (Lipinski definition) is 1. The van der Waals surface area contributed by atoms with Crippen molar-refractivity contribution in [3.05, 3.63) is 29.3 Å². The van der Waals surface area contributed by atoms with Crippen molar-refractivity contribution >= 4 is 5.97 Å². The van der Waals surface area contributed by atoms with E-state index in [0.717, 1.165) is 44.5 Å². The molecule has 0 aliphatic heterocycles. The average molecular weight is 330 g/mol. The minimum atomic E-state index is -0.641. The number of fused-ring (bicyclic) bond motifs is 3. The molecule has 4 atom stereocenters. The third kappa shape index (κ3) is 3.60. The summed E-state index contributed by atoms with van der Waals surface area (Å²) in [5.41, 5.74) is 2.88. The first-order valence-corrected chi connectivity index (χ1v) is 9.57. The van der Waals surface area contributed by atoms with E-state index in [1.54, 1.807) is 0 Å². The second-order valence-electron chi connectivity index (χ2n) is 7.69. The molecule has 1 N–H and O–H groups in total. The molecule has 1 aromatic carbocycles. The van der Waals surface area contributed by atoms with Crippen LogP contribution in [0.25, 0.3) is 0 Å². The van der Waals surface area contributed by atoms with Crippen LogP contribution in [-0.4, -0.2) is 17.7 Å². The molecule has 0 radical (unpaired) electrons. The number of benzene rings is 1. The molecule has 0 spiro atoms. The number of carboxylic acid groups (broad SMARTS) is 1. The molecule has 0 aromatic heterocycles. The minimum Gasteiger partial charge on any atom is -0.494 e. The first kappa shape index (κ1) is 17.3. The predicted octanol–water partition coefficient (Wildman–Crippen LogP) is 5.03. The number of aliphatic carboxylic acids is 1. The fourth-order valence-electron chi connectivity index (χ4n) is 4.85. The summed E-state index contributed by atoms with van der Waals surface area (Å²) in [5, 5.41) is 9.29. The Morgan fingerprint density at radius 1 is 1.29 bits per heavy atom. The standard InChI is InChI=1S/C21H30O3/c1-3-4-11-24-16-7-10-17-15(12-16)6-9-19-18(17)8-5-14(2)20(19)13-21(22)23/h7,10,12,14,18-20H,3-6,8-9,11,13H2,1-2H3,(H,22,23)/t14-,18?,19?,20?/m1/s1. The van der Waals surface area contributed by atoms with Crippen LogP contribution in [0.15, 0.2) is 18.2 Å². The summed E-state index contributed by atoms with van der Waals surface area (Å²) in [6.45, 7) is 5.21. The van der Waals surface area contributed by atoms with Gasteiger partial charge in [0.2, 0.25) is 0 Å². The van der Waals surface area contributed by atoms with E-state index in [-0.39, 0.29) is 0 Å². The molecule has 3 rings (SSSR count). The molecule has 3 unspecified atom stereocenters. The van der Waals surface area contributed by atoms with Gasteiger partial charge in [-0.3, -0.25) is 4.79 Å². The van der Waals surface area contributed by atoms with Crippen molar-refractivity contribution < 1.29 is 14.6 Å². The first-order valence-electron chi connectivity index (χ1n) is 9.57. The molecule has 0 heterocycles. The summed E-state index contributed by atoms with van der Waals surface area (Å²) in [6, 6.07) is 6.59.